The quantitative estimate of drug-likeness (QED) is 0.848. The molecule has 0 bridgehead atoms. The van der Waals surface area contributed by atoms with E-state index < -0.39 is 0 Å². The number of rotatable bonds is 5. The van der Waals surface area contributed by atoms with Gasteiger partial charge in [0.25, 0.3) is 0 Å². The van der Waals surface area contributed by atoms with Crippen molar-refractivity contribution in [1.29, 1.82) is 0 Å². The van der Waals surface area contributed by atoms with Crippen molar-refractivity contribution in [2.24, 2.45) is 0 Å². The smallest absolute Gasteiger partial charge is 0.225 e. The van der Waals surface area contributed by atoms with Gasteiger partial charge < -0.3 is 15.4 Å². The topological polar surface area (TPSA) is 55.6 Å². The summed E-state index contributed by atoms with van der Waals surface area (Å²) < 4.78 is 5.70. The Hall–Kier alpha value is -1.55. The number of amides is 1. The number of benzene rings is 1. The van der Waals surface area contributed by atoms with Gasteiger partial charge in [-0.25, -0.2) is 0 Å². The van der Waals surface area contributed by atoms with Crippen LogP contribution in [0.25, 0.3) is 0 Å². The van der Waals surface area contributed by atoms with Crippen LogP contribution in [0.2, 0.25) is 0 Å². The molecule has 3 rings (SSSR count). The molecule has 1 atom stereocenters. The molecule has 0 radical (unpaired) electrons. The van der Waals surface area contributed by atoms with Crippen molar-refractivity contribution in [2.45, 2.75) is 57.2 Å². The molecule has 114 valence electrons. The van der Waals surface area contributed by atoms with E-state index in [0.717, 1.165) is 43.5 Å². The molecule has 1 amide bonds. The standard InChI is InChI=1S/C17H24N2O2/c18-14-5-3-4-13(10-14)12-19(15-7-8-15)17(20)11-16-6-1-2-9-21-16/h3-5,10,15-16H,1-2,6-9,11-12,18H2. The minimum atomic E-state index is 0.119. The van der Waals surface area contributed by atoms with Gasteiger partial charge in [-0.15, -0.1) is 0 Å². The fourth-order valence-corrected chi connectivity index (χ4v) is 2.98. The highest BCUT2D eigenvalue weighted by molar-refractivity contribution is 5.77. The molecule has 1 saturated heterocycles. The number of ether oxygens (including phenoxy) is 1. The van der Waals surface area contributed by atoms with E-state index in [2.05, 4.69) is 0 Å². The van der Waals surface area contributed by atoms with Gasteiger partial charge in [0.1, 0.15) is 0 Å². The number of nitrogens with two attached hydrogens (primary N) is 1. The van der Waals surface area contributed by atoms with Gasteiger partial charge in [0, 0.05) is 24.9 Å². The van der Waals surface area contributed by atoms with Crippen LogP contribution in [0, 0.1) is 0 Å². The van der Waals surface area contributed by atoms with Crippen molar-refractivity contribution in [3.63, 3.8) is 0 Å². The highest BCUT2D eigenvalue weighted by Crippen LogP contribution is 2.30. The Balaban J connectivity index is 1.62. The maximum Gasteiger partial charge on any atom is 0.225 e. The Labute approximate surface area is 126 Å². The lowest BCUT2D eigenvalue weighted by Crippen LogP contribution is -2.36. The Kier molecular flexibility index (Phi) is 4.44. The highest BCUT2D eigenvalue weighted by atomic mass is 16.5. The van der Waals surface area contributed by atoms with Gasteiger partial charge in [-0.1, -0.05) is 12.1 Å². The summed E-state index contributed by atoms with van der Waals surface area (Å²) in [5.74, 6) is 0.229. The lowest BCUT2D eigenvalue weighted by molar-refractivity contribution is -0.136. The van der Waals surface area contributed by atoms with Crippen LogP contribution in [-0.4, -0.2) is 29.6 Å². The summed E-state index contributed by atoms with van der Waals surface area (Å²) >= 11 is 0. The van der Waals surface area contributed by atoms with E-state index in [1.165, 1.54) is 6.42 Å². The van der Waals surface area contributed by atoms with Crippen molar-refractivity contribution >= 4 is 11.6 Å². The number of carbonyl (C=O) groups excluding carboxylic acids is 1. The van der Waals surface area contributed by atoms with Gasteiger partial charge in [-0.05, 0) is 49.8 Å². The van der Waals surface area contributed by atoms with Crippen molar-refractivity contribution in [2.75, 3.05) is 12.3 Å². The summed E-state index contributed by atoms with van der Waals surface area (Å²) in [5.41, 5.74) is 7.69. The molecule has 0 aromatic heterocycles. The molecule has 1 saturated carbocycles. The summed E-state index contributed by atoms with van der Waals surface area (Å²) in [6.07, 6.45) is 6.21. The lowest BCUT2D eigenvalue weighted by atomic mass is 10.1. The van der Waals surface area contributed by atoms with E-state index >= 15 is 0 Å². The molecule has 21 heavy (non-hydrogen) atoms. The fraction of sp³-hybridized carbons (Fsp3) is 0.588. The first-order valence-electron chi connectivity index (χ1n) is 7.98. The molecule has 4 nitrogen and oxygen atoms in total. The van der Waals surface area contributed by atoms with Crippen LogP contribution in [0.4, 0.5) is 5.69 Å². The minimum absolute atomic E-state index is 0.119. The zero-order valence-corrected chi connectivity index (χ0v) is 12.5. The first-order valence-corrected chi connectivity index (χ1v) is 7.98. The van der Waals surface area contributed by atoms with E-state index in [1.54, 1.807) is 0 Å². The predicted molar refractivity (Wildman–Crippen MR) is 82.6 cm³/mol. The van der Waals surface area contributed by atoms with Crippen LogP contribution in [0.5, 0.6) is 0 Å². The van der Waals surface area contributed by atoms with Gasteiger partial charge in [0.05, 0.1) is 12.5 Å². The zero-order chi connectivity index (χ0) is 14.7. The summed E-state index contributed by atoms with van der Waals surface area (Å²) in [4.78, 5) is 14.6. The number of hydrogen-bond acceptors (Lipinski definition) is 3. The van der Waals surface area contributed by atoms with E-state index in [1.807, 2.05) is 29.2 Å². The van der Waals surface area contributed by atoms with Gasteiger partial charge in [-0.2, -0.15) is 0 Å². The average Bonchev–Trinajstić information content (AvgIpc) is 3.30. The Morgan fingerprint density at radius 3 is 2.81 bits per heavy atom. The van der Waals surface area contributed by atoms with Crippen LogP contribution in [0.15, 0.2) is 24.3 Å². The number of nitrogen functional groups attached to an aromatic ring is 1. The third kappa shape index (κ3) is 3.97. The predicted octanol–water partition coefficient (Wildman–Crippen LogP) is 2.72. The molecule has 2 fully saturated rings. The lowest BCUT2D eigenvalue weighted by Gasteiger charge is -2.27. The second-order valence-corrected chi connectivity index (χ2v) is 6.19. The fourth-order valence-electron chi connectivity index (χ4n) is 2.98. The molecule has 1 aromatic carbocycles. The van der Waals surface area contributed by atoms with Gasteiger partial charge >= 0.3 is 0 Å². The van der Waals surface area contributed by atoms with Crippen molar-refractivity contribution < 1.29 is 9.53 Å². The zero-order valence-electron chi connectivity index (χ0n) is 12.5. The van der Waals surface area contributed by atoms with E-state index in [9.17, 15) is 4.79 Å². The summed E-state index contributed by atoms with van der Waals surface area (Å²) in [6, 6.07) is 8.24. The van der Waals surface area contributed by atoms with Crippen molar-refractivity contribution in [3.05, 3.63) is 29.8 Å². The molecule has 1 aliphatic heterocycles. The maximum atomic E-state index is 12.6. The molecule has 2 N–H and O–H groups in total. The molecule has 0 spiro atoms. The van der Waals surface area contributed by atoms with Crippen LogP contribution in [-0.2, 0) is 16.1 Å². The number of anilines is 1. The van der Waals surface area contributed by atoms with E-state index in [-0.39, 0.29) is 12.0 Å². The molecule has 1 unspecified atom stereocenters. The SMILES string of the molecule is Nc1cccc(CN(C(=O)CC2CCCCO2)C2CC2)c1. The molecule has 1 aromatic rings. The van der Waals surface area contributed by atoms with Crippen molar-refractivity contribution in [3.8, 4) is 0 Å². The average molecular weight is 288 g/mol. The number of hydrogen-bond donors (Lipinski definition) is 1. The Bertz CT molecular complexity index is 493. The van der Waals surface area contributed by atoms with Crippen LogP contribution >= 0.6 is 0 Å². The number of carbonyl (C=O) groups is 1. The minimum Gasteiger partial charge on any atom is -0.399 e. The van der Waals surface area contributed by atoms with Crippen LogP contribution < -0.4 is 5.73 Å². The Morgan fingerprint density at radius 2 is 2.14 bits per heavy atom. The number of nitrogens with zero attached hydrogens (tertiary/aromatic N) is 1. The summed E-state index contributed by atoms with van der Waals surface area (Å²) in [5, 5.41) is 0. The molecule has 1 aliphatic carbocycles. The highest BCUT2D eigenvalue weighted by Gasteiger charge is 2.33. The van der Waals surface area contributed by atoms with Gasteiger partial charge in [0.15, 0.2) is 0 Å². The third-order valence-corrected chi connectivity index (χ3v) is 4.29. The third-order valence-electron chi connectivity index (χ3n) is 4.29. The molecular formula is C17H24N2O2. The normalized spacial score (nSPS) is 22.0. The monoisotopic (exact) mass is 288 g/mol. The van der Waals surface area contributed by atoms with Gasteiger partial charge in [0.2, 0.25) is 5.91 Å². The molecule has 4 heteroatoms. The molecule has 1 heterocycles. The van der Waals surface area contributed by atoms with Crippen LogP contribution in [0.1, 0.15) is 44.1 Å². The summed E-state index contributed by atoms with van der Waals surface area (Å²) in [7, 11) is 0. The summed E-state index contributed by atoms with van der Waals surface area (Å²) in [6.45, 7) is 1.47. The van der Waals surface area contributed by atoms with Gasteiger partial charge in [-0.3, -0.25) is 4.79 Å². The molecule has 2 aliphatic rings. The largest absolute Gasteiger partial charge is 0.399 e. The van der Waals surface area contributed by atoms with E-state index in [0.29, 0.717) is 19.0 Å². The van der Waals surface area contributed by atoms with Crippen molar-refractivity contribution in [1.82, 2.24) is 4.90 Å². The second-order valence-electron chi connectivity index (χ2n) is 6.19. The Morgan fingerprint density at radius 1 is 1.29 bits per heavy atom. The van der Waals surface area contributed by atoms with E-state index in [4.69, 9.17) is 10.5 Å². The maximum absolute atomic E-state index is 12.6. The first kappa shape index (κ1) is 14.4. The van der Waals surface area contributed by atoms with Crippen LogP contribution in [0.3, 0.4) is 0 Å². The molecular weight excluding hydrogens is 264 g/mol. The first-order chi connectivity index (χ1) is 10.2. The second kappa shape index (κ2) is 6.48.